The molecule has 0 saturated heterocycles. The van der Waals surface area contributed by atoms with Crippen molar-refractivity contribution >= 4 is 17.5 Å². The lowest BCUT2D eigenvalue weighted by Gasteiger charge is -2.11. The molecule has 1 atom stereocenters. The molecule has 24 heavy (non-hydrogen) atoms. The topological polar surface area (TPSA) is 84.2 Å². The number of hydrogen-bond donors (Lipinski definition) is 3. The summed E-state index contributed by atoms with van der Waals surface area (Å²) in [5.74, 6) is -1.61. The summed E-state index contributed by atoms with van der Waals surface area (Å²) in [5.41, 5.74) is 7.45. The summed E-state index contributed by atoms with van der Waals surface area (Å²) in [6, 6.07) is 11.6. The normalized spacial score (nSPS) is 15.5. The lowest BCUT2D eigenvalue weighted by molar-refractivity contribution is 0.0948. The Hall–Kier alpha value is -2.89. The summed E-state index contributed by atoms with van der Waals surface area (Å²) in [6.07, 6.45) is 0.743. The van der Waals surface area contributed by atoms with Crippen LogP contribution in [0.4, 0.5) is 10.1 Å². The van der Waals surface area contributed by atoms with Gasteiger partial charge in [0.1, 0.15) is 5.82 Å². The number of fused-ring (bicyclic) bond motifs is 1. The maximum absolute atomic E-state index is 13.8. The van der Waals surface area contributed by atoms with Crippen molar-refractivity contribution in [2.24, 2.45) is 5.73 Å². The van der Waals surface area contributed by atoms with E-state index in [4.69, 9.17) is 5.73 Å². The molecule has 0 bridgehead atoms. The number of rotatable bonds is 5. The second-order valence-electron chi connectivity index (χ2n) is 5.77. The molecule has 4 N–H and O–H groups in total. The quantitative estimate of drug-likeness (QED) is 0.787. The molecule has 0 fully saturated rings. The third kappa shape index (κ3) is 3.22. The molecule has 0 saturated carbocycles. The van der Waals surface area contributed by atoms with E-state index in [0.717, 1.165) is 24.7 Å². The van der Waals surface area contributed by atoms with Crippen LogP contribution >= 0.6 is 0 Å². The molecule has 5 nitrogen and oxygen atoms in total. The van der Waals surface area contributed by atoms with Crippen molar-refractivity contribution in [3.8, 4) is 0 Å². The number of carbonyl (C=O) groups is 2. The molecule has 124 valence electrons. The molecule has 1 unspecified atom stereocenters. The van der Waals surface area contributed by atoms with Crippen LogP contribution in [0.1, 0.15) is 38.6 Å². The highest BCUT2D eigenvalue weighted by Crippen LogP contribution is 2.32. The lowest BCUT2D eigenvalue weighted by atomic mass is 9.98. The zero-order valence-corrected chi connectivity index (χ0v) is 13.0. The summed E-state index contributed by atoms with van der Waals surface area (Å²) in [6.45, 7) is 1.24. The van der Waals surface area contributed by atoms with Gasteiger partial charge in [0.05, 0.1) is 5.56 Å². The smallest absolute Gasteiger partial charge is 0.254 e. The van der Waals surface area contributed by atoms with Crippen LogP contribution in [0.5, 0.6) is 0 Å². The first-order valence-corrected chi connectivity index (χ1v) is 7.76. The predicted molar refractivity (Wildman–Crippen MR) is 89.5 cm³/mol. The van der Waals surface area contributed by atoms with E-state index >= 15 is 0 Å². The van der Waals surface area contributed by atoms with Gasteiger partial charge in [-0.1, -0.05) is 18.2 Å². The molecule has 1 aliphatic rings. The standard InChI is InChI=1S/C18H18FN3O2/c19-15-6-5-11(17(20)23)9-14(15)18(24)21-8-7-12-10-22-16-4-2-1-3-13(12)16/h1-6,9,12,22H,7-8,10H2,(H2,20,23)(H,21,24). The fraction of sp³-hybridized carbons (Fsp3) is 0.222. The number of hydrogen-bond acceptors (Lipinski definition) is 3. The Morgan fingerprint density at radius 2 is 2.04 bits per heavy atom. The number of nitrogens with one attached hydrogen (secondary N) is 2. The number of anilines is 1. The Morgan fingerprint density at radius 1 is 1.25 bits per heavy atom. The van der Waals surface area contributed by atoms with E-state index in [9.17, 15) is 14.0 Å². The van der Waals surface area contributed by atoms with E-state index in [2.05, 4.69) is 16.7 Å². The van der Waals surface area contributed by atoms with E-state index in [-0.39, 0.29) is 11.1 Å². The van der Waals surface area contributed by atoms with Gasteiger partial charge in [0.25, 0.3) is 5.91 Å². The van der Waals surface area contributed by atoms with Crippen LogP contribution in [0, 0.1) is 5.82 Å². The van der Waals surface area contributed by atoms with Gasteiger partial charge in [-0.25, -0.2) is 4.39 Å². The monoisotopic (exact) mass is 327 g/mol. The Morgan fingerprint density at radius 3 is 2.83 bits per heavy atom. The Kier molecular flexibility index (Phi) is 4.46. The predicted octanol–water partition coefficient (Wildman–Crippen LogP) is 2.25. The molecule has 0 aliphatic carbocycles. The number of nitrogens with two attached hydrogens (primary N) is 1. The molecule has 1 aliphatic heterocycles. The second-order valence-corrected chi connectivity index (χ2v) is 5.77. The van der Waals surface area contributed by atoms with Crippen LogP contribution in [0.25, 0.3) is 0 Å². The third-order valence-electron chi connectivity index (χ3n) is 4.21. The molecule has 0 aromatic heterocycles. The Bertz CT molecular complexity index is 792. The van der Waals surface area contributed by atoms with Crippen molar-refractivity contribution in [2.75, 3.05) is 18.4 Å². The maximum Gasteiger partial charge on any atom is 0.254 e. The molecule has 0 radical (unpaired) electrons. The van der Waals surface area contributed by atoms with E-state index in [1.165, 1.54) is 17.7 Å². The second kappa shape index (κ2) is 6.70. The fourth-order valence-electron chi connectivity index (χ4n) is 2.92. The maximum atomic E-state index is 13.8. The van der Waals surface area contributed by atoms with Gasteiger partial charge < -0.3 is 16.4 Å². The summed E-state index contributed by atoms with van der Waals surface area (Å²) >= 11 is 0. The van der Waals surface area contributed by atoms with Crippen molar-refractivity contribution in [1.29, 1.82) is 0 Å². The molecule has 2 aromatic rings. The van der Waals surface area contributed by atoms with E-state index in [0.29, 0.717) is 12.5 Å². The van der Waals surface area contributed by atoms with Crippen molar-refractivity contribution < 1.29 is 14.0 Å². The Balaban J connectivity index is 1.61. The van der Waals surface area contributed by atoms with Crippen LogP contribution in [0.3, 0.4) is 0 Å². The van der Waals surface area contributed by atoms with Gasteiger partial charge in [0.15, 0.2) is 0 Å². The summed E-state index contributed by atoms with van der Waals surface area (Å²) in [7, 11) is 0. The largest absolute Gasteiger partial charge is 0.384 e. The van der Waals surface area contributed by atoms with Gasteiger partial charge in [-0.3, -0.25) is 9.59 Å². The summed E-state index contributed by atoms with van der Waals surface area (Å²) in [5, 5.41) is 6.03. The van der Waals surface area contributed by atoms with E-state index < -0.39 is 17.6 Å². The van der Waals surface area contributed by atoms with Crippen LogP contribution in [-0.2, 0) is 0 Å². The molecule has 2 aromatic carbocycles. The minimum absolute atomic E-state index is 0.107. The number of carbonyl (C=O) groups excluding carboxylic acids is 2. The molecule has 3 rings (SSSR count). The highest BCUT2D eigenvalue weighted by molar-refractivity contribution is 5.99. The molecular weight excluding hydrogens is 309 g/mol. The van der Waals surface area contributed by atoms with Crippen molar-refractivity contribution in [2.45, 2.75) is 12.3 Å². The van der Waals surface area contributed by atoms with Gasteiger partial charge in [0.2, 0.25) is 5.91 Å². The van der Waals surface area contributed by atoms with Gasteiger partial charge >= 0.3 is 0 Å². The van der Waals surface area contributed by atoms with Gasteiger partial charge in [0, 0.05) is 30.3 Å². The Labute approximate surface area is 139 Å². The average Bonchev–Trinajstić information content (AvgIpc) is 2.98. The number of amides is 2. The van der Waals surface area contributed by atoms with E-state index in [1.54, 1.807) is 0 Å². The van der Waals surface area contributed by atoms with Crippen LogP contribution in [-0.4, -0.2) is 24.9 Å². The zero-order chi connectivity index (χ0) is 17.1. The number of para-hydroxylation sites is 1. The van der Waals surface area contributed by atoms with Crippen molar-refractivity contribution in [3.05, 3.63) is 65.0 Å². The van der Waals surface area contributed by atoms with Gasteiger partial charge in [-0.15, -0.1) is 0 Å². The molecule has 1 heterocycles. The van der Waals surface area contributed by atoms with Crippen LogP contribution < -0.4 is 16.4 Å². The average molecular weight is 327 g/mol. The highest BCUT2D eigenvalue weighted by atomic mass is 19.1. The minimum atomic E-state index is -0.697. The van der Waals surface area contributed by atoms with Crippen molar-refractivity contribution in [1.82, 2.24) is 5.32 Å². The van der Waals surface area contributed by atoms with E-state index in [1.807, 2.05) is 18.2 Å². The summed E-state index contributed by atoms with van der Waals surface area (Å²) in [4.78, 5) is 23.3. The molecule has 2 amide bonds. The number of halogens is 1. The highest BCUT2D eigenvalue weighted by Gasteiger charge is 2.21. The molecular formula is C18H18FN3O2. The lowest BCUT2D eigenvalue weighted by Crippen LogP contribution is -2.27. The number of primary amides is 1. The van der Waals surface area contributed by atoms with Gasteiger partial charge in [-0.05, 0) is 36.2 Å². The third-order valence-corrected chi connectivity index (χ3v) is 4.21. The summed E-state index contributed by atoms with van der Waals surface area (Å²) < 4.78 is 13.8. The first kappa shape index (κ1) is 16.0. The first-order valence-electron chi connectivity index (χ1n) is 7.76. The SMILES string of the molecule is NC(=O)c1ccc(F)c(C(=O)NCCC2CNc3ccccc32)c1. The first-order chi connectivity index (χ1) is 11.6. The van der Waals surface area contributed by atoms with Crippen molar-refractivity contribution in [3.63, 3.8) is 0 Å². The number of benzene rings is 2. The van der Waals surface area contributed by atoms with Crippen LogP contribution in [0.15, 0.2) is 42.5 Å². The molecule has 0 spiro atoms. The minimum Gasteiger partial charge on any atom is -0.384 e. The zero-order valence-electron chi connectivity index (χ0n) is 13.0. The van der Waals surface area contributed by atoms with Crippen LogP contribution in [0.2, 0.25) is 0 Å². The van der Waals surface area contributed by atoms with Gasteiger partial charge in [-0.2, -0.15) is 0 Å². The molecule has 6 heteroatoms. The fourth-order valence-corrected chi connectivity index (χ4v) is 2.92.